The van der Waals surface area contributed by atoms with Crippen molar-refractivity contribution in [2.24, 2.45) is 0 Å². The Balaban J connectivity index is 2.00. The standard InChI is InChI=1S/C14H11ClN4O3S/c1-23(21,22)11-3-2-6-16-13(11)14(20)18-10-5-4-9-8(12(10)15)7-17-19-9/h2-7H,1H3,(H,17,19)(H,18,20). The summed E-state index contributed by atoms with van der Waals surface area (Å²) in [6.07, 6.45) is 3.91. The van der Waals surface area contributed by atoms with E-state index in [2.05, 4.69) is 20.5 Å². The molecule has 0 spiro atoms. The van der Waals surface area contributed by atoms with E-state index in [-0.39, 0.29) is 10.6 Å². The average Bonchev–Trinajstić information content (AvgIpc) is 2.98. The molecule has 1 amide bonds. The number of sulfone groups is 1. The first-order valence-electron chi connectivity index (χ1n) is 6.46. The van der Waals surface area contributed by atoms with Gasteiger partial charge in [-0.15, -0.1) is 0 Å². The topological polar surface area (TPSA) is 105 Å². The maximum absolute atomic E-state index is 12.4. The number of anilines is 1. The van der Waals surface area contributed by atoms with E-state index >= 15 is 0 Å². The molecule has 2 N–H and O–H groups in total. The van der Waals surface area contributed by atoms with Crippen LogP contribution in [-0.2, 0) is 9.84 Å². The van der Waals surface area contributed by atoms with Crippen molar-refractivity contribution in [2.75, 3.05) is 11.6 Å². The van der Waals surface area contributed by atoms with Crippen LogP contribution in [-0.4, -0.2) is 35.8 Å². The van der Waals surface area contributed by atoms with Crippen molar-refractivity contribution < 1.29 is 13.2 Å². The first-order valence-corrected chi connectivity index (χ1v) is 8.73. The molecule has 0 aliphatic carbocycles. The van der Waals surface area contributed by atoms with Gasteiger partial charge in [-0.05, 0) is 24.3 Å². The minimum Gasteiger partial charge on any atom is -0.319 e. The monoisotopic (exact) mass is 350 g/mol. The van der Waals surface area contributed by atoms with Crippen LogP contribution in [0.1, 0.15) is 10.5 Å². The molecule has 0 unspecified atom stereocenters. The largest absolute Gasteiger partial charge is 0.319 e. The highest BCUT2D eigenvalue weighted by molar-refractivity contribution is 7.90. The molecule has 0 aliphatic rings. The highest BCUT2D eigenvalue weighted by Crippen LogP contribution is 2.30. The Hall–Kier alpha value is -2.45. The first kappa shape index (κ1) is 15.4. The quantitative estimate of drug-likeness (QED) is 0.753. The number of carbonyl (C=O) groups is 1. The van der Waals surface area contributed by atoms with Crippen LogP contribution in [0, 0.1) is 0 Å². The summed E-state index contributed by atoms with van der Waals surface area (Å²) >= 11 is 6.23. The van der Waals surface area contributed by atoms with Gasteiger partial charge in [0.15, 0.2) is 9.84 Å². The van der Waals surface area contributed by atoms with E-state index in [1.807, 2.05) is 0 Å². The van der Waals surface area contributed by atoms with Crippen LogP contribution in [0.4, 0.5) is 5.69 Å². The lowest BCUT2D eigenvalue weighted by Crippen LogP contribution is -2.18. The highest BCUT2D eigenvalue weighted by Gasteiger charge is 2.21. The van der Waals surface area contributed by atoms with Crippen molar-refractivity contribution in [3.05, 3.63) is 47.4 Å². The van der Waals surface area contributed by atoms with Gasteiger partial charge < -0.3 is 5.32 Å². The Morgan fingerprint density at radius 2 is 2.09 bits per heavy atom. The van der Waals surface area contributed by atoms with Gasteiger partial charge in [0.2, 0.25) is 0 Å². The molecule has 7 nitrogen and oxygen atoms in total. The van der Waals surface area contributed by atoms with Gasteiger partial charge >= 0.3 is 0 Å². The fourth-order valence-electron chi connectivity index (χ4n) is 2.12. The Bertz CT molecular complexity index is 1010. The van der Waals surface area contributed by atoms with E-state index in [0.29, 0.717) is 16.1 Å². The zero-order chi connectivity index (χ0) is 16.6. The number of amides is 1. The predicted molar refractivity (Wildman–Crippen MR) is 86.4 cm³/mol. The van der Waals surface area contributed by atoms with Crippen LogP contribution < -0.4 is 5.32 Å². The summed E-state index contributed by atoms with van der Waals surface area (Å²) in [5, 5.41) is 10.2. The summed E-state index contributed by atoms with van der Waals surface area (Å²) in [6, 6.07) is 6.10. The van der Waals surface area contributed by atoms with E-state index in [1.165, 1.54) is 24.5 Å². The van der Waals surface area contributed by atoms with Crippen molar-refractivity contribution in [1.29, 1.82) is 0 Å². The smallest absolute Gasteiger partial charge is 0.275 e. The lowest BCUT2D eigenvalue weighted by molar-refractivity contribution is 0.101. The van der Waals surface area contributed by atoms with Crippen LogP contribution in [0.25, 0.3) is 10.9 Å². The predicted octanol–water partition coefficient (Wildman–Crippen LogP) is 2.27. The summed E-state index contributed by atoms with van der Waals surface area (Å²) < 4.78 is 23.5. The Morgan fingerprint density at radius 3 is 2.83 bits per heavy atom. The number of pyridine rings is 1. The summed E-state index contributed by atoms with van der Waals surface area (Å²) in [5.41, 5.74) is 0.886. The van der Waals surface area contributed by atoms with Crippen molar-refractivity contribution in [3.8, 4) is 0 Å². The number of benzene rings is 1. The zero-order valence-electron chi connectivity index (χ0n) is 11.9. The third-order valence-corrected chi connectivity index (χ3v) is 4.73. The van der Waals surface area contributed by atoms with E-state index in [4.69, 9.17) is 11.6 Å². The first-order chi connectivity index (χ1) is 10.9. The molecule has 2 heterocycles. The van der Waals surface area contributed by atoms with Gasteiger partial charge in [-0.2, -0.15) is 5.10 Å². The number of fused-ring (bicyclic) bond motifs is 1. The highest BCUT2D eigenvalue weighted by atomic mass is 35.5. The Labute approximate surface area is 136 Å². The van der Waals surface area contributed by atoms with Crippen molar-refractivity contribution in [2.45, 2.75) is 4.90 Å². The van der Waals surface area contributed by atoms with Gasteiger partial charge in [0.1, 0.15) is 5.69 Å². The van der Waals surface area contributed by atoms with Gasteiger partial charge in [0, 0.05) is 17.8 Å². The second-order valence-corrected chi connectivity index (χ2v) is 7.20. The van der Waals surface area contributed by atoms with Gasteiger partial charge in [0.25, 0.3) is 5.91 Å². The summed E-state index contributed by atoms with van der Waals surface area (Å²) in [6.45, 7) is 0. The lowest BCUT2D eigenvalue weighted by Gasteiger charge is -2.09. The van der Waals surface area contributed by atoms with Crippen LogP contribution in [0.3, 0.4) is 0 Å². The van der Waals surface area contributed by atoms with Crippen LogP contribution in [0.5, 0.6) is 0 Å². The molecular formula is C14H11ClN4O3S. The molecule has 2 aromatic heterocycles. The molecule has 3 aromatic rings. The molecule has 0 aliphatic heterocycles. The number of carbonyl (C=O) groups excluding carboxylic acids is 1. The van der Waals surface area contributed by atoms with E-state index < -0.39 is 15.7 Å². The van der Waals surface area contributed by atoms with Gasteiger partial charge in [-0.3, -0.25) is 9.89 Å². The molecule has 1 aromatic carbocycles. The summed E-state index contributed by atoms with van der Waals surface area (Å²) in [4.78, 5) is 16.1. The van der Waals surface area contributed by atoms with Gasteiger partial charge in [-0.25, -0.2) is 13.4 Å². The summed E-state index contributed by atoms with van der Waals surface area (Å²) in [5.74, 6) is -0.657. The van der Waals surface area contributed by atoms with Crippen molar-refractivity contribution in [3.63, 3.8) is 0 Å². The Morgan fingerprint density at radius 1 is 1.30 bits per heavy atom. The molecule has 3 rings (SSSR count). The third kappa shape index (κ3) is 2.90. The maximum atomic E-state index is 12.4. The molecule has 0 fully saturated rings. The molecule has 9 heteroatoms. The number of aromatic amines is 1. The number of H-pyrrole nitrogens is 1. The van der Waals surface area contributed by atoms with Crippen molar-refractivity contribution >= 4 is 43.9 Å². The molecule has 0 atom stereocenters. The number of hydrogen-bond donors (Lipinski definition) is 2. The van der Waals surface area contributed by atoms with E-state index in [9.17, 15) is 13.2 Å². The number of nitrogens with one attached hydrogen (secondary N) is 2. The molecule has 23 heavy (non-hydrogen) atoms. The van der Waals surface area contributed by atoms with E-state index in [0.717, 1.165) is 11.8 Å². The molecule has 0 saturated carbocycles. The SMILES string of the molecule is CS(=O)(=O)c1cccnc1C(=O)Nc1ccc2[nH]ncc2c1Cl. The number of halogens is 1. The fraction of sp³-hybridized carbons (Fsp3) is 0.0714. The minimum atomic E-state index is -3.58. The lowest BCUT2D eigenvalue weighted by atomic mass is 10.2. The third-order valence-electron chi connectivity index (χ3n) is 3.19. The Kier molecular flexibility index (Phi) is 3.78. The normalized spacial score (nSPS) is 11.6. The van der Waals surface area contributed by atoms with Crippen LogP contribution in [0.15, 0.2) is 41.6 Å². The van der Waals surface area contributed by atoms with Crippen molar-refractivity contribution in [1.82, 2.24) is 15.2 Å². The van der Waals surface area contributed by atoms with Gasteiger partial charge in [-0.1, -0.05) is 11.6 Å². The number of rotatable bonds is 3. The molecule has 0 bridgehead atoms. The van der Waals surface area contributed by atoms with E-state index in [1.54, 1.807) is 12.1 Å². The molecule has 118 valence electrons. The number of aromatic nitrogens is 3. The maximum Gasteiger partial charge on any atom is 0.275 e. The fourth-order valence-corrected chi connectivity index (χ4v) is 3.20. The molecular weight excluding hydrogens is 340 g/mol. The number of hydrogen-bond acceptors (Lipinski definition) is 5. The average molecular weight is 351 g/mol. The second kappa shape index (κ2) is 5.64. The van der Waals surface area contributed by atoms with Crippen LogP contribution >= 0.6 is 11.6 Å². The molecule has 0 saturated heterocycles. The minimum absolute atomic E-state index is 0.141. The molecule has 0 radical (unpaired) electrons. The zero-order valence-corrected chi connectivity index (χ0v) is 13.4. The number of nitrogens with zero attached hydrogens (tertiary/aromatic N) is 2. The summed E-state index contributed by atoms with van der Waals surface area (Å²) in [7, 11) is -3.58. The van der Waals surface area contributed by atoms with Gasteiger partial charge in [0.05, 0.1) is 27.3 Å². The second-order valence-electron chi connectivity index (χ2n) is 4.83. The van der Waals surface area contributed by atoms with Crippen LogP contribution in [0.2, 0.25) is 5.02 Å².